The monoisotopic (exact) mass is 346 g/mol. The zero-order valence-electron chi connectivity index (χ0n) is 14.5. The topological polar surface area (TPSA) is 74.4 Å². The second kappa shape index (κ2) is 6.07. The van der Waals surface area contributed by atoms with E-state index in [1.165, 1.54) is 12.1 Å². The maximum atomic E-state index is 10.3. The molecule has 0 fully saturated rings. The molecule has 0 aliphatic rings. The summed E-state index contributed by atoms with van der Waals surface area (Å²) in [4.78, 5) is 11.2. The van der Waals surface area contributed by atoms with Gasteiger partial charge in [0.15, 0.2) is 11.5 Å². The Morgan fingerprint density at radius 1 is 0.962 bits per heavy atom. The summed E-state index contributed by atoms with van der Waals surface area (Å²) in [5.41, 5.74) is 3.93. The molecule has 6 nitrogen and oxygen atoms in total. The minimum absolute atomic E-state index is 0.00220. The van der Waals surface area contributed by atoms with Crippen molar-refractivity contribution < 1.29 is 10.2 Å². The van der Waals surface area contributed by atoms with E-state index in [0.717, 1.165) is 16.9 Å². The van der Waals surface area contributed by atoms with Gasteiger partial charge in [0, 0.05) is 37.7 Å². The molecule has 0 radical (unpaired) electrons. The highest BCUT2D eigenvalue weighted by Gasteiger charge is 2.18. The van der Waals surface area contributed by atoms with Crippen LogP contribution in [0.5, 0.6) is 11.5 Å². The van der Waals surface area contributed by atoms with E-state index in [1.54, 1.807) is 12.3 Å². The van der Waals surface area contributed by atoms with Gasteiger partial charge in [0.1, 0.15) is 17.0 Å². The molecule has 4 rings (SSSR count). The van der Waals surface area contributed by atoms with Crippen LogP contribution in [0.15, 0.2) is 60.8 Å². The summed E-state index contributed by atoms with van der Waals surface area (Å²) < 4.78 is 1.90. The molecule has 0 unspecified atom stereocenters. The summed E-state index contributed by atoms with van der Waals surface area (Å²) in [6.07, 6.45) is 1.72. The van der Waals surface area contributed by atoms with Gasteiger partial charge in [-0.1, -0.05) is 0 Å². The third-order valence-corrected chi connectivity index (χ3v) is 4.26. The van der Waals surface area contributed by atoms with E-state index in [1.807, 2.05) is 60.0 Å². The quantitative estimate of drug-likeness (QED) is 0.593. The van der Waals surface area contributed by atoms with Crippen molar-refractivity contribution in [2.45, 2.75) is 0 Å². The molecule has 0 spiro atoms. The highest BCUT2D eigenvalue weighted by Crippen LogP contribution is 2.35. The lowest BCUT2D eigenvalue weighted by Crippen LogP contribution is -2.08. The number of benzene rings is 2. The van der Waals surface area contributed by atoms with Crippen LogP contribution in [-0.2, 0) is 0 Å². The van der Waals surface area contributed by atoms with E-state index in [4.69, 9.17) is 0 Å². The summed E-state index contributed by atoms with van der Waals surface area (Å²) in [6.45, 7) is 0. The zero-order chi connectivity index (χ0) is 18.3. The molecule has 6 heteroatoms. The third kappa shape index (κ3) is 2.61. The number of rotatable bonds is 3. The lowest BCUT2D eigenvalue weighted by atomic mass is 10.1. The predicted octanol–water partition coefficient (Wildman–Crippen LogP) is 3.56. The highest BCUT2D eigenvalue weighted by molar-refractivity contribution is 5.81. The first-order chi connectivity index (χ1) is 12.5. The van der Waals surface area contributed by atoms with Gasteiger partial charge in [-0.2, -0.15) is 0 Å². The van der Waals surface area contributed by atoms with E-state index in [2.05, 4.69) is 9.97 Å². The average Bonchev–Trinajstić information content (AvgIpc) is 3.01. The fourth-order valence-electron chi connectivity index (χ4n) is 2.95. The van der Waals surface area contributed by atoms with Gasteiger partial charge >= 0.3 is 0 Å². The third-order valence-electron chi connectivity index (χ3n) is 4.26. The summed E-state index contributed by atoms with van der Waals surface area (Å²) >= 11 is 0. The number of phenols is 2. The molecule has 130 valence electrons. The molecule has 2 N–H and O–H groups in total. The van der Waals surface area contributed by atoms with Crippen molar-refractivity contribution in [1.29, 1.82) is 0 Å². The normalized spacial score (nSPS) is 11.0. The van der Waals surface area contributed by atoms with Crippen LogP contribution in [0.1, 0.15) is 0 Å². The Balaban J connectivity index is 1.98. The van der Waals surface area contributed by atoms with Crippen LogP contribution < -0.4 is 4.90 Å². The van der Waals surface area contributed by atoms with Crippen LogP contribution in [0.2, 0.25) is 0 Å². The Bertz CT molecular complexity index is 1080. The SMILES string of the molecule is CN(C)c1ccc(-n2c(-c3ccc(O)cc3O)nc3cccnc32)cc1. The molecular formula is C20H18N4O2. The number of pyridine rings is 1. The van der Waals surface area contributed by atoms with Gasteiger partial charge < -0.3 is 15.1 Å². The van der Waals surface area contributed by atoms with Gasteiger partial charge in [-0.15, -0.1) is 0 Å². The first-order valence-corrected chi connectivity index (χ1v) is 8.18. The second-order valence-corrected chi connectivity index (χ2v) is 6.23. The van der Waals surface area contributed by atoms with E-state index >= 15 is 0 Å². The Labute approximate surface area is 150 Å². The maximum absolute atomic E-state index is 10.3. The fourth-order valence-corrected chi connectivity index (χ4v) is 2.95. The number of anilines is 1. The maximum Gasteiger partial charge on any atom is 0.164 e. The minimum Gasteiger partial charge on any atom is -0.508 e. The number of aromatic nitrogens is 3. The van der Waals surface area contributed by atoms with Crippen LogP contribution in [0.3, 0.4) is 0 Å². The van der Waals surface area contributed by atoms with Gasteiger partial charge in [0.25, 0.3) is 0 Å². The standard InChI is InChI=1S/C20H18N4O2/c1-23(2)13-5-7-14(8-6-13)24-19(16-10-9-15(25)12-18(16)26)22-17-4-3-11-21-20(17)24/h3-12,25-26H,1-2H3. The number of hydrogen-bond acceptors (Lipinski definition) is 5. The molecule has 0 saturated heterocycles. The molecule has 0 bridgehead atoms. The first-order valence-electron chi connectivity index (χ1n) is 8.18. The lowest BCUT2D eigenvalue weighted by molar-refractivity contribution is 0.451. The van der Waals surface area contributed by atoms with Crippen LogP contribution >= 0.6 is 0 Å². The second-order valence-electron chi connectivity index (χ2n) is 6.23. The lowest BCUT2D eigenvalue weighted by Gasteiger charge is -2.14. The van der Waals surface area contributed by atoms with Crippen molar-refractivity contribution in [1.82, 2.24) is 14.5 Å². The van der Waals surface area contributed by atoms with Gasteiger partial charge in [-0.25, -0.2) is 9.97 Å². The zero-order valence-corrected chi connectivity index (χ0v) is 14.5. The molecule has 2 aromatic carbocycles. The fraction of sp³-hybridized carbons (Fsp3) is 0.100. The van der Waals surface area contributed by atoms with E-state index in [-0.39, 0.29) is 11.5 Å². The number of nitrogens with zero attached hydrogens (tertiary/aromatic N) is 4. The van der Waals surface area contributed by atoms with Crippen molar-refractivity contribution in [3.05, 3.63) is 60.8 Å². The van der Waals surface area contributed by atoms with Crippen LogP contribution in [0.4, 0.5) is 5.69 Å². The minimum atomic E-state index is -0.0357. The largest absolute Gasteiger partial charge is 0.508 e. The van der Waals surface area contributed by atoms with E-state index in [0.29, 0.717) is 17.0 Å². The van der Waals surface area contributed by atoms with Crippen molar-refractivity contribution in [2.24, 2.45) is 0 Å². The van der Waals surface area contributed by atoms with Gasteiger partial charge in [-0.05, 0) is 48.5 Å². The molecule has 0 amide bonds. The van der Waals surface area contributed by atoms with Crippen molar-refractivity contribution >= 4 is 16.9 Å². The molecule has 0 aliphatic carbocycles. The highest BCUT2D eigenvalue weighted by atomic mass is 16.3. The van der Waals surface area contributed by atoms with Crippen molar-refractivity contribution in [3.63, 3.8) is 0 Å². The Morgan fingerprint density at radius 2 is 1.73 bits per heavy atom. The Kier molecular flexibility index (Phi) is 3.73. The van der Waals surface area contributed by atoms with Crippen molar-refractivity contribution in [3.8, 4) is 28.6 Å². The molecule has 0 aliphatic heterocycles. The summed E-state index contributed by atoms with van der Waals surface area (Å²) in [5.74, 6) is 0.530. The number of phenolic OH excluding ortho intramolecular Hbond substituents is 2. The number of fused-ring (bicyclic) bond motifs is 1. The van der Waals surface area contributed by atoms with Crippen LogP contribution in [-0.4, -0.2) is 38.8 Å². The van der Waals surface area contributed by atoms with Gasteiger partial charge in [0.05, 0.1) is 5.56 Å². The van der Waals surface area contributed by atoms with E-state index < -0.39 is 0 Å². The first kappa shape index (κ1) is 16.0. The summed E-state index contributed by atoms with van der Waals surface area (Å²) in [7, 11) is 3.98. The summed E-state index contributed by atoms with van der Waals surface area (Å²) in [5, 5.41) is 19.9. The van der Waals surface area contributed by atoms with Crippen LogP contribution in [0.25, 0.3) is 28.2 Å². The molecule has 2 heterocycles. The smallest absolute Gasteiger partial charge is 0.164 e. The number of imidazole rings is 1. The predicted molar refractivity (Wildman–Crippen MR) is 102 cm³/mol. The molecule has 26 heavy (non-hydrogen) atoms. The molecular weight excluding hydrogens is 328 g/mol. The van der Waals surface area contributed by atoms with Gasteiger partial charge in [-0.3, -0.25) is 4.57 Å². The molecule has 2 aromatic heterocycles. The van der Waals surface area contributed by atoms with Crippen LogP contribution in [0, 0.1) is 0 Å². The average molecular weight is 346 g/mol. The molecule has 0 saturated carbocycles. The molecule has 0 atom stereocenters. The Morgan fingerprint density at radius 3 is 2.42 bits per heavy atom. The molecule has 4 aromatic rings. The van der Waals surface area contributed by atoms with Gasteiger partial charge in [0.2, 0.25) is 0 Å². The number of aromatic hydroxyl groups is 2. The number of hydrogen-bond donors (Lipinski definition) is 2. The summed E-state index contributed by atoms with van der Waals surface area (Å²) in [6, 6.07) is 16.2. The Hall–Kier alpha value is -3.54. The van der Waals surface area contributed by atoms with E-state index in [9.17, 15) is 10.2 Å². The van der Waals surface area contributed by atoms with Crippen molar-refractivity contribution in [2.75, 3.05) is 19.0 Å².